The summed E-state index contributed by atoms with van der Waals surface area (Å²) in [4.78, 5) is 24.1. The zero-order valence-electron chi connectivity index (χ0n) is 15.7. The Balaban J connectivity index is 1.53. The van der Waals surface area contributed by atoms with Crippen LogP contribution in [0.1, 0.15) is 38.5 Å². The van der Waals surface area contributed by atoms with Crippen molar-refractivity contribution in [2.24, 2.45) is 29.6 Å². The van der Waals surface area contributed by atoms with Gasteiger partial charge in [0.05, 0.1) is 6.42 Å². The molecule has 4 rings (SSSR count). The van der Waals surface area contributed by atoms with E-state index in [2.05, 4.69) is 10.1 Å². The first kappa shape index (κ1) is 23.2. The molecule has 4 aliphatic rings. The maximum Gasteiger partial charge on any atom is 0.432 e. The Morgan fingerprint density at radius 1 is 1.00 bits per heavy atom. The number of hydrogen-bond donors (Lipinski definition) is 2. The number of rotatable bonds is 7. The lowest BCUT2D eigenvalue weighted by Crippen LogP contribution is -2.52. The Hall–Kier alpha value is -1.50. The second-order valence-corrected chi connectivity index (χ2v) is 9.94. The minimum atomic E-state index is -6.49. The lowest BCUT2D eigenvalue weighted by molar-refractivity contribution is -0.259. The molecule has 0 aromatic rings. The quantitative estimate of drug-likeness (QED) is 0.341. The van der Waals surface area contributed by atoms with E-state index in [4.69, 9.17) is 4.55 Å². The van der Waals surface area contributed by atoms with E-state index < -0.39 is 46.6 Å². The number of alkyl halides is 5. The third-order valence-electron chi connectivity index (χ3n) is 6.35. The van der Waals surface area contributed by atoms with Gasteiger partial charge in [0.15, 0.2) is 0 Å². The van der Waals surface area contributed by atoms with E-state index in [1.54, 1.807) is 0 Å². The molecule has 4 fully saturated rings. The van der Waals surface area contributed by atoms with Crippen LogP contribution in [0, 0.1) is 29.6 Å². The highest BCUT2D eigenvalue weighted by Crippen LogP contribution is 2.56. The summed E-state index contributed by atoms with van der Waals surface area (Å²) >= 11 is 0. The molecule has 2 N–H and O–H groups in total. The molecule has 4 saturated carbocycles. The van der Waals surface area contributed by atoms with Crippen LogP contribution in [-0.4, -0.2) is 48.9 Å². The Morgan fingerprint density at radius 3 is 1.93 bits per heavy atom. The van der Waals surface area contributed by atoms with Crippen molar-refractivity contribution in [1.29, 1.82) is 0 Å². The molecule has 0 radical (unpaired) electrons. The van der Waals surface area contributed by atoms with Gasteiger partial charge in [0.2, 0.25) is 5.91 Å². The minimum absolute atomic E-state index is 0.233. The van der Waals surface area contributed by atoms with Gasteiger partial charge >= 0.3 is 27.5 Å². The summed E-state index contributed by atoms with van der Waals surface area (Å²) in [5.74, 6) is -0.642. The molecule has 0 aliphatic heterocycles. The number of halogens is 5. The summed E-state index contributed by atoms with van der Waals surface area (Å²) in [6.45, 7) is -0.442. The molecule has 0 spiro atoms. The van der Waals surface area contributed by atoms with Gasteiger partial charge < -0.3 is 10.1 Å². The van der Waals surface area contributed by atoms with Gasteiger partial charge in [0.1, 0.15) is 0 Å². The first-order valence-corrected chi connectivity index (χ1v) is 11.0. The van der Waals surface area contributed by atoms with Crippen LogP contribution in [0.3, 0.4) is 0 Å². The van der Waals surface area contributed by atoms with Crippen molar-refractivity contribution >= 4 is 22.0 Å². The van der Waals surface area contributed by atoms with Crippen LogP contribution < -0.4 is 5.32 Å². The van der Waals surface area contributed by atoms with Crippen molar-refractivity contribution in [3.05, 3.63) is 0 Å². The predicted molar refractivity (Wildman–Crippen MR) is 90.6 cm³/mol. The van der Waals surface area contributed by atoms with Crippen LogP contribution in [0.15, 0.2) is 0 Å². The molecule has 1 amide bonds. The summed E-state index contributed by atoms with van der Waals surface area (Å²) in [5.41, 5.74) is 0. The zero-order chi connectivity index (χ0) is 22.5. The normalized spacial score (nSPS) is 32.0. The predicted octanol–water partition coefficient (Wildman–Crippen LogP) is 2.52. The van der Waals surface area contributed by atoms with Crippen molar-refractivity contribution in [3.63, 3.8) is 0 Å². The average Bonchev–Trinajstić information content (AvgIpc) is 2.56. The van der Waals surface area contributed by atoms with Crippen LogP contribution in [-0.2, 0) is 24.4 Å². The molecule has 7 nitrogen and oxygen atoms in total. The van der Waals surface area contributed by atoms with Gasteiger partial charge in [-0.2, -0.15) is 30.4 Å². The maximum absolute atomic E-state index is 13.4. The van der Waals surface area contributed by atoms with Crippen molar-refractivity contribution in [1.82, 2.24) is 5.32 Å². The lowest BCUT2D eigenvalue weighted by Gasteiger charge is -2.53. The molecule has 4 aliphatic carbocycles. The van der Waals surface area contributed by atoms with Crippen LogP contribution in [0.5, 0.6) is 0 Å². The van der Waals surface area contributed by atoms with Crippen molar-refractivity contribution in [2.75, 3.05) is 6.54 Å². The van der Waals surface area contributed by atoms with E-state index >= 15 is 0 Å². The molecule has 0 aromatic heterocycles. The van der Waals surface area contributed by atoms with E-state index in [0.717, 1.165) is 25.7 Å². The molecule has 1 unspecified atom stereocenters. The highest BCUT2D eigenvalue weighted by Gasteiger charge is 2.66. The van der Waals surface area contributed by atoms with E-state index in [1.807, 2.05) is 0 Å². The second kappa shape index (κ2) is 7.88. The number of carbonyl (C=O) groups is 2. The third kappa shape index (κ3) is 4.56. The lowest BCUT2D eigenvalue weighted by atomic mass is 9.51. The van der Waals surface area contributed by atoms with E-state index in [0.29, 0.717) is 11.8 Å². The Labute approximate surface area is 169 Å². The van der Waals surface area contributed by atoms with Crippen LogP contribution in [0.2, 0.25) is 0 Å². The van der Waals surface area contributed by atoms with Crippen molar-refractivity contribution in [3.8, 4) is 0 Å². The Bertz CT molecular complexity index is 771. The molecule has 30 heavy (non-hydrogen) atoms. The number of esters is 1. The summed E-state index contributed by atoms with van der Waals surface area (Å²) in [5, 5.41) is -3.33. The highest BCUT2D eigenvalue weighted by atomic mass is 32.2. The molecular weight excluding hydrogens is 441 g/mol. The van der Waals surface area contributed by atoms with E-state index in [1.165, 1.54) is 6.42 Å². The van der Waals surface area contributed by atoms with Gasteiger partial charge in [-0.25, -0.2) is 0 Å². The molecule has 1 atom stereocenters. The van der Waals surface area contributed by atoms with E-state index in [-0.39, 0.29) is 23.7 Å². The topological polar surface area (TPSA) is 110 Å². The molecule has 172 valence electrons. The number of hydrogen-bond acceptors (Lipinski definition) is 5. The van der Waals surface area contributed by atoms with Gasteiger partial charge in [-0.05, 0) is 55.8 Å². The molecule has 0 heterocycles. The number of carbonyl (C=O) groups excluding carboxylic acids is 2. The van der Waals surface area contributed by atoms with Gasteiger partial charge in [0, 0.05) is 12.5 Å². The van der Waals surface area contributed by atoms with Crippen LogP contribution >= 0.6 is 0 Å². The highest BCUT2D eigenvalue weighted by molar-refractivity contribution is 7.86. The Morgan fingerprint density at radius 2 is 1.50 bits per heavy atom. The van der Waals surface area contributed by atoms with Crippen LogP contribution in [0.25, 0.3) is 0 Å². The summed E-state index contributed by atoms with van der Waals surface area (Å²) in [7, 11) is -6.49. The van der Waals surface area contributed by atoms with Gasteiger partial charge in [-0.15, -0.1) is 0 Å². The standard InChI is InChI=1S/C17H22F5NO6S/c18-16(19,20)15(17(21,22)30(26,27)28)29-12(24)1-2-23-14(25)13-10-4-8-3-9(6-10)7-11(13)5-8/h8-11,13,15H,1-7H2,(H,23,25)(H,26,27,28). The largest absolute Gasteiger partial charge is 0.445 e. The summed E-state index contributed by atoms with van der Waals surface area (Å²) in [6.07, 6.45) is -6.20. The Kier molecular flexibility index (Phi) is 6.09. The SMILES string of the molecule is O=C(CCNC(=O)C1C2CC3CC(C2)CC1C3)OC(C(F)(F)F)C(F)(F)S(=O)(=O)O. The maximum atomic E-state index is 13.4. The van der Waals surface area contributed by atoms with Gasteiger partial charge in [-0.1, -0.05) is 0 Å². The van der Waals surface area contributed by atoms with E-state index in [9.17, 15) is 40.0 Å². The first-order chi connectivity index (χ1) is 13.7. The fraction of sp³-hybridized carbons (Fsp3) is 0.882. The fourth-order valence-electron chi connectivity index (χ4n) is 5.41. The second-order valence-electron chi connectivity index (χ2n) is 8.45. The zero-order valence-corrected chi connectivity index (χ0v) is 16.5. The molecule has 0 saturated heterocycles. The smallest absolute Gasteiger partial charge is 0.432 e. The number of amides is 1. The first-order valence-electron chi connectivity index (χ1n) is 9.59. The van der Waals surface area contributed by atoms with Crippen molar-refractivity contribution in [2.45, 2.75) is 56.1 Å². The summed E-state index contributed by atoms with van der Waals surface area (Å²) in [6, 6.07) is 0. The van der Waals surface area contributed by atoms with Crippen molar-refractivity contribution < 1.29 is 49.2 Å². The molecule has 13 heteroatoms. The molecular formula is C17H22F5NO6S. The molecule has 0 aromatic carbocycles. The number of nitrogens with one attached hydrogen (secondary N) is 1. The number of ether oxygens (including phenoxy) is 1. The fourth-order valence-corrected chi connectivity index (χ4v) is 5.86. The average molecular weight is 463 g/mol. The van der Waals surface area contributed by atoms with Crippen LogP contribution in [0.4, 0.5) is 22.0 Å². The minimum Gasteiger partial charge on any atom is -0.445 e. The monoisotopic (exact) mass is 463 g/mol. The van der Waals surface area contributed by atoms with Gasteiger partial charge in [-0.3, -0.25) is 14.1 Å². The summed E-state index contributed by atoms with van der Waals surface area (Å²) < 4.78 is 98.2. The third-order valence-corrected chi connectivity index (χ3v) is 7.26. The molecule has 4 bridgehead atoms. The van der Waals surface area contributed by atoms with Gasteiger partial charge in [0.25, 0.3) is 6.10 Å².